The van der Waals surface area contributed by atoms with Gasteiger partial charge in [-0.15, -0.1) is 12.3 Å². The van der Waals surface area contributed by atoms with Crippen molar-refractivity contribution in [3.63, 3.8) is 0 Å². The third kappa shape index (κ3) is 3.85. The predicted octanol–water partition coefficient (Wildman–Crippen LogP) is 2.45. The fraction of sp³-hybridized carbons (Fsp3) is 0.846. The van der Waals surface area contributed by atoms with Gasteiger partial charge in [-0.2, -0.15) is 0 Å². The molecule has 0 saturated heterocycles. The van der Waals surface area contributed by atoms with Gasteiger partial charge >= 0.3 is 0 Å². The lowest BCUT2D eigenvalue weighted by Gasteiger charge is -2.33. The molecule has 0 heterocycles. The van der Waals surface area contributed by atoms with Crippen LogP contribution in [0.5, 0.6) is 0 Å². The number of hydrazine groups is 1. The van der Waals surface area contributed by atoms with E-state index in [1.807, 2.05) is 0 Å². The molecule has 1 unspecified atom stereocenters. The van der Waals surface area contributed by atoms with Gasteiger partial charge in [-0.3, -0.25) is 11.3 Å². The summed E-state index contributed by atoms with van der Waals surface area (Å²) in [6, 6.07) is 0.429. The Labute approximate surface area is 94.0 Å². The molecular weight excluding hydrogens is 184 g/mol. The molecule has 1 aliphatic rings. The third-order valence-corrected chi connectivity index (χ3v) is 3.85. The van der Waals surface area contributed by atoms with Crippen LogP contribution < -0.4 is 11.3 Å². The van der Waals surface area contributed by atoms with Gasteiger partial charge in [0.15, 0.2) is 0 Å². The van der Waals surface area contributed by atoms with Crippen LogP contribution in [0.4, 0.5) is 0 Å². The highest BCUT2D eigenvalue weighted by molar-refractivity contribution is 4.88. The summed E-state index contributed by atoms with van der Waals surface area (Å²) in [6.07, 6.45) is 13.9. The Morgan fingerprint density at radius 3 is 2.53 bits per heavy atom. The van der Waals surface area contributed by atoms with Crippen LogP contribution in [0, 0.1) is 24.2 Å². The van der Waals surface area contributed by atoms with Crippen molar-refractivity contribution in [3.8, 4) is 12.3 Å². The topological polar surface area (TPSA) is 38.0 Å². The number of rotatable bonds is 5. The molecule has 15 heavy (non-hydrogen) atoms. The van der Waals surface area contributed by atoms with Gasteiger partial charge in [-0.1, -0.05) is 26.2 Å². The standard InChI is InChI=1S/C13H24N2/c1-3-5-6-13(15-14)12-9-7-11(4-2)8-10-12/h1,11-13,15H,4-10,14H2,2H3. The normalized spacial score (nSPS) is 28.3. The van der Waals surface area contributed by atoms with Crippen molar-refractivity contribution in [3.05, 3.63) is 0 Å². The molecule has 0 aromatic rings. The van der Waals surface area contributed by atoms with Crippen LogP contribution in [0.25, 0.3) is 0 Å². The van der Waals surface area contributed by atoms with E-state index in [4.69, 9.17) is 12.3 Å². The molecule has 0 spiro atoms. The van der Waals surface area contributed by atoms with E-state index in [1.165, 1.54) is 32.1 Å². The highest BCUT2D eigenvalue weighted by Crippen LogP contribution is 2.33. The molecular formula is C13H24N2. The number of nitrogens with one attached hydrogen (secondary N) is 1. The van der Waals surface area contributed by atoms with Crippen molar-refractivity contribution in [2.45, 2.75) is 57.9 Å². The van der Waals surface area contributed by atoms with Gasteiger partial charge in [0.2, 0.25) is 0 Å². The maximum absolute atomic E-state index is 5.59. The second-order valence-corrected chi connectivity index (χ2v) is 4.71. The van der Waals surface area contributed by atoms with Gasteiger partial charge in [0.25, 0.3) is 0 Å². The number of nitrogens with two attached hydrogens (primary N) is 1. The first-order valence-corrected chi connectivity index (χ1v) is 6.21. The Morgan fingerprint density at radius 2 is 2.07 bits per heavy atom. The maximum atomic E-state index is 5.59. The molecule has 0 aliphatic heterocycles. The first kappa shape index (κ1) is 12.5. The minimum absolute atomic E-state index is 0.429. The SMILES string of the molecule is C#CCCC(NN)C1CCC(CC)CC1. The van der Waals surface area contributed by atoms with Crippen LogP contribution in [0.3, 0.4) is 0 Å². The molecule has 3 N–H and O–H groups in total. The monoisotopic (exact) mass is 208 g/mol. The van der Waals surface area contributed by atoms with Crippen molar-refractivity contribution in [2.24, 2.45) is 17.7 Å². The zero-order chi connectivity index (χ0) is 11.1. The molecule has 1 aliphatic carbocycles. The first-order valence-electron chi connectivity index (χ1n) is 6.21. The van der Waals surface area contributed by atoms with Crippen LogP contribution in [0.2, 0.25) is 0 Å². The summed E-state index contributed by atoms with van der Waals surface area (Å²) in [5.41, 5.74) is 2.94. The van der Waals surface area contributed by atoms with Crippen molar-refractivity contribution in [1.82, 2.24) is 5.43 Å². The Bertz CT molecular complexity index is 199. The summed E-state index contributed by atoms with van der Waals surface area (Å²) in [5.74, 6) is 9.98. The lowest BCUT2D eigenvalue weighted by Crippen LogP contribution is -2.42. The smallest absolute Gasteiger partial charge is 0.0247 e. The molecule has 1 saturated carbocycles. The number of hydrogen-bond donors (Lipinski definition) is 2. The van der Waals surface area contributed by atoms with Crippen molar-refractivity contribution in [2.75, 3.05) is 0 Å². The van der Waals surface area contributed by atoms with E-state index in [-0.39, 0.29) is 0 Å². The Balaban J connectivity index is 2.33. The molecule has 1 fully saturated rings. The summed E-state index contributed by atoms with van der Waals surface area (Å²) in [4.78, 5) is 0. The van der Waals surface area contributed by atoms with Crippen LogP contribution in [-0.4, -0.2) is 6.04 Å². The highest BCUT2D eigenvalue weighted by atomic mass is 15.2. The van der Waals surface area contributed by atoms with Gasteiger partial charge in [0.1, 0.15) is 0 Å². The number of hydrogen-bond acceptors (Lipinski definition) is 2. The molecule has 1 atom stereocenters. The van der Waals surface area contributed by atoms with Gasteiger partial charge in [0, 0.05) is 12.5 Å². The van der Waals surface area contributed by atoms with E-state index in [0.29, 0.717) is 6.04 Å². The van der Waals surface area contributed by atoms with E-state index in [9.17, 15) is 0 Å². The molecule has 0 amide bonds. The lowest BCUT2D eigenvalue weighted by molar-refractivity contribution is 0.212. The molecule has 2 nitrogen and oxygen atoms in total. The molecule has 86 valence electrons. The second kappa shape index (κ2) is 6.87. The second-order valence-electron chi connectivity index (χ2n) is 4.71. The molecule has 0 aromatic carbocycles. The third-order valence-electron chi connectivity index (χ3n) is 3.85. The Hall–Kier alpha value is -0.520. The highest BCUT2D eigenvalue weighted by Gasteiger charge is 2.25. The minimum Gasteiger partial charge on any atom is -0.271 e. The van der Waals surface area contributed by atoms with Crippen molar-refractivity contribution >= 4 is 0 Å². The molecule has 0 bridgehead atoms. The number of terminal acetylenes is 1. The van der Waals surface area contributed by atoms with Crippen molar-refractivity contribution in [1.29, 1.82) is 0 Å². The maximum Gasteiger partial charge on any atom is 0.0247 e. The van der Waals surface area contributed by atoms with Gasteiger partial charge in [-0.25, -0.2) is 0 Å². The zero-order valence-corrected chi connectivity index (χ0v) is 9.84. The van der Waals surface area contributed by atoms with Gasteiger partial charge in [0.05, 0.1) is 0 Å². The Morgan fingerprint density at radius 1 is 1.40 bits per heavy atom. The van der Waals surface area contributed by atoms with E-state index < -0.39 is 0 Å². The van der Waals surface area contributed by atoms with Gasteiger partial charge in [-0.05, 0) is 31.1 Å². The largest absolute Gasteiger partial charge is 0.271 e. The van der Waals surface area contributed by atoms with E-state index >= 15 is 0 Å². The van der Waals surface area contributed by atoms with Crippen LogP contribution in [-0.2, 0) is 0 Å². The molecule has 1 rings (SSSR count). The molecule has 0 aromatic heterocycles. The van der Waals surface area contributed by atoms with Crippen LogP contribution >= 0.6 is 0 Å². The van der Waals surface area contributed by atoms with Crippen LogP contribution in [0.1, 0.15) is 51.9 Å². The van der Waals surface area contributed by atoms with E-state index in [0.717, 1.165) is 24.7 Å². The summed E-state index contributed by atoms with van der Waals surface area (Å²) < 4.78 is 0. The predicted molar refractivity (Wildman–Crippen MR) is 64.9 cm³/mol. The summed E-state index contributed by atoms with van der Waals surface area (Å²) in [6.45, 7) is 2.29. The summed E-state index contributed by atoms with van der Waals surface area (Å²) in [5, 5.41) is 0. The first-order chi connectivity index (χ1) is 7.31. The quantitative estimate of drug-likeness (QED) is 0.414. The fourth-order valence-electron chi connectivity index (χ4n) is 2.69. The van der Waals surface area contributed by atoms with E-state index in [1.54, 1.807) is 0 Å². The minimum atomic E-state index is 0.429. The van der Waals surface area contributed by atoms with E-state index in [2.05, 4.69) is 18.3 Å². The fourth-order valence-corrected chi connectivity index (χ4v) is 2.69. The average Bonchev–Trinajstić information content (AvgIpc) is 2.31. The Kier molecular flexibility index (Phi) is 5.75. The molecule has 0 radical (unpaired) electrons. The summed E-state index contributed by atoms with van der Waals surface area (Å²) >= 11 is 0. The zero-order valence-electron chi connectivity index (χ0n) is 9.84. The van der Waals surface area contributed by atoms with Crippen LogP contribution in [0.15, 0.2) is 0 Å². The van der Waals surface area contributed by atoms with Crippen molar-refractivity contribution < 1.29 is 0 Å². The lowest BCUT2D eigenvalue weighted by atomic mass is 9.77. The summed E-state index contributed by atoms with van der Waals surface area (Å²) in [7, 11) is 0. The molecule has 2 heteroatoms. The van der Waals surface area contributed by atoms with Gasteiger partial charge < -0.3 is 0 Å². The average molecular weight is 208 g/mol.